The van der Waals surface area contributed by atoms with E-state index in [9.17, 15) is 13.2 Å². The van der Waals surface area contributed by atoms with Crippen molar-refractivity contribution in [3.05, 3.63) is 82.7 Å². The first-order valence-corrected chi connectivity index (χ1v) is 10.2. The SMILES string of the molecule is O=C(/C=C/c1ccco1)Nc1ccc(Cl)c(S(=O)(=O)Nc2ccccc2Cl)c1. The third kappa shape index (κ3) is 4.95. The lowest BCUT2D eigenvalue weighted by Gasteiger charge is -2.12. The Labute approximate surface area is 171 Å². The van der Waals surface area contributed by atoms with Crippen LogP contribution in [0.5, 0.6) is 0 Å². The Hall–Kier alpha value is -2.74. The molecule has 2 aromatic carbocycles. The van der Waals surface area contributed by atoms with Gasteiger partial charge >= 0.3 is 0 Å². The van der Waals surface area contributed by atoms with Gasteiger partial charge in [0.1, 0.15) is 10.7 Å². The molecule has 6 nitrogen and oxygen atoms in total. The van der Waals surface area contributed by atoms with Crippen LogP contribution in [0.3, 0.4) is 0 Å². The van der Waals surface area contributed by atoms with E-state index < -0.39 is 15.9 Å². The minimum Gasteiger partial charge on any atom is -0.465 e. The number of rotatable bonds is 6. The molecule has 0 aliphatic carbocycles. The lowest BCUT2D eigenvalue weighted by atomic mass is 10.3. The van der Waals surface area contributed by atoms with E-state index in [2.05, 4.69) is 10.0 Å². The molecular weight excluding hydrogens is 423 g/mol. The maximum atomic E-state index is 12.7. The molecule has 2 N–H and O–H groups in total. The van der Waals surface area contributed by atoms with Crippen molar-refractivity contribution in [3.8, 4) is 0 Å². The summed E-state index contributed by atoms with van der Waals surface area (Å²) >= 11 is 12.1. The number of sulfonamides is 1. The zero-order valence-electron chi connectivity index (χ0n) is 14.2. The highest BCUT2D eigenvalue weighted by Gasteiger charge is 2.20. The zero-order valence-corrected chi connectivity index (χ0v) is 16.6. The fourth-order valence-corrected chi connectivity index (χ4v) is 4.10. The van der Waals surface area contributed by atoms with Crippen LogP contribution in [0.25, 0.3) is 6.08 Å². The van der Waals surface area contributed by atoms with E-state index in [0.717, 1.165) is 0 Å². The van der Waals surface area contributed by atoms with Gasteiger partial charge in [0, 0.05) is 11.8 Å². The van der Waals surface area contributed by atoms with Crippen LogP contribution in [-0.4, -0.2) is 14.3 Å². The summed E-state index contributed by atoms with van der Waals surface area (Å²) in [5.41, 5.74) is 0.481. The molecule has 0 aliphatic heterocycles. The number of furan rings is 1. The lowest BCUT2D eigenvalue weighted by molar-refractivity contribution is -0.111. The van der Waals surface area contributed by atoms with Gasteiger partial charge in [-0.25, -0.2) is 8.42 Å². The predicted molar refractivity (Wildman–Crippen MR) is 110 cm³/mol. The van der Waals surface area contributed by atoms with E-state index >= 15 is 0 Å². The Morgan fingerprint density at radius 1 is 1.00 bits per heavy atom. The van der Waals surface area contributed by atoms with E-state index in [4.69, 9.17) is 27.6 Å². The topological polar surface area (TPSA) is 88.4 Å². The maximum Gasteiger partial charge on any atom is 0.263 e. The van der Waals surface area contributed by atoms with Gasteiger partial charge in [0.2, 0.25) is 5.91 Å². The molecule has 1 amide bonds. The second-order valence-electron chi connectivity index (χ2n) is 5.57. The van der Waals surface area contributed by atoms with Crippen molar-refractivity contribution in [2.75, 3.05) is 10.0 Å². The maximum absolute atomic E-state index is 12.7. The fraction of sp³-hybridized carbons (Fsp3) is 0. The Balaban J connectivity index is 1.80. The lowest BCUT2D eigenvalue weighted by Crippen LogP contribution is -2.15. The van der Waals surface area contributed by atoms with Gasteiger partial charge < -0.3 is 9.73 Å². The normalized spacial score (nSPS) is 11.5. The molecule has 0 radical (unpaired) electrons. The number of hydrogen-bond donors (Lipinski definition) is 2. The number of nitrogens with one attached hydrogen (secondary N) is 2. The first-order chi connectivity index (χ1) is 13.3. The average molecular weight is 437 g/mol. The van der Waals surface area contributed by atoms with Gasteiger partial charge in [0.25, 0.3) is 10.0 Å². The van der Waals surface area contributed by atoms with Crippen molar-refractivity contribution < 1.29 is 17.6 Å². The van der Waals surface area contributed by atoms with Crippen molar-refractivity contribution in [1.29, 1.82) is 0 Å². The van der Waals surface area contributed by atoms with Crippen LogP contribution in [0, 0.1) is 0 Å². The number of hydrogen-bond acceptors (Lipinski definition) is 4. The molecule has 3 aromatic rings. The molecule has 1 heterocycles. The van der Waals surface area contributed by atoms with Crippen LogP contribution in [0.15, 0.2) is 76.2 Å². The van der Waals surface area contributed by atoms with Gasteiger partial charge in [0.15, 0.2) is 0 Å². The van der Waals surface area contributed by atoms with Crippen LogP contribution in [0.2, 0.25) is 10.0 Å². The molecule has 0 aliphatic rings. The Morgan fingerprint density at radius 2 is 1.79 bits per heavy atom. The molecule has 0 bridgehead atoms. The smallest absolute Gasteiger partial charge is 0.263 e. The summed E-state index contributed by atoms with van der Waals surface area (Å²) in [6.07, 6.45) is 4.24. The van der Waals surface area contributed by atoms with Crippen LogP contribution in [0.4, 0.5) is 11.4 Å². The number of carbonyl (C=O) groups is 1. The molecule has 9 heteroatoms. The minimum atomic E-state index is -4.02. The van der Waals surface area contributed by atoms with Gasteiger partial charge in [-0.15, -0.1) is 0 Å². The molecule has 28 heavy (non-hydrogen) atoms. The largest absolute Gasteiger partial charge is 0.465 e. The predicted octanol–water partition coefficient (Wildman–Crippen LogP) is 5.04. The van der Waals surface area contributed by atoms with Crippen LogP contribution >= 0.6 is 23.2 Å². The molecule has 0 atom stereocenters. The Morgan fingerprint density at radius 3 is 2.50 bits per heavy atom. The van der Waals surface area contributed by atoms with Gasteiger partial charge in [-0.2, -0.15) is 0 Å². The van der Waals surface area contributed by atoms with Crippen molar-refractivity contribution in [2.45, 2.75) is 4.90 Å². The van der Waals surface area contributed by atoms with Crippen LogP contribution in [-0.2, 0) is 14.8 Å². The number of benzene rings is 2. The monoisotopic (exact) mass is 436 g/mol. The van der Waals surface area contributed by atoms with Crippen molar-refractivity contribution in [1.82, 2.24) is 0 Å². The molecule has 0 saturated heterocycles. The highest BCUT2D eigenvalue weighted by molar-refractivity contribution is 7.92. The molecule has 0 spiro atoms. The Bertz CT molecular complexity index is 1130. The number of anilines is 2. The average Bonchev–Trinajstić information content (AvgIpc) is 3.17. The molecule has 0 unspecified atom stereocenters. The summed E-state index contributed by atoms with van der Waals surface area (Å²) < 4.78 is 32.9. The molecule has 1 aromatic heterocycles. The second-order valence-corrected chi connectivity index (χ2v) is 8.03. The number of para-hydroxylation sites is 1. The number of amides is 1. The highest BCUT2D eigenvalue weighted by atomic mass is 35.5. The van der Waals surface area contributed by atoms with Crippen LogP contribution < -0.4 is 10.0 Å². The first-order valence-electron chi connectivity index (χ1n) is 7.94. The summed E-state index contributed by atoms with van der Waals surface area (Å²) in [4.78, 5) is 11.8. The third-order valence-corrected chi connectivity index (χ3v) is 5.73. The fourth-order valence-electron chi connectivity index (χ4n) is 2.26. The van der Waals surface area contributed by atoms with Gasteiger partial charge in [-0.1, -0.05) is 35.3 Å². The van der Waals surface area contributed by atoms with Crippen LogP contribution in [0.1, 0.15) is 5.76 Å². The van der Waals surface area contributed by atoms with E-state index in [1.807, 2.05) is 0 Å². The third-order valence-electron chi connectivity index (χ3n) is 3.55. The number of halogens is 2. The van der Waals surface area contributed by atoms with Crippen molar-refractivity contribution in [3.63, 3.8) is 0 Å². The van der Waals surface area contributed by atoms with Gasteiger partial charge in [-0.3, -0.25) is 9.52 Å². The molecule has 0 saturated carbocycles. The first kappa shape index (κ1) is 20.0. The summed E-state index contributed by atoms with van der Waals surface area (Å²) in [5.74, 6) is 0.0552. The quantitative estimate of drug-likeness (QED) is 0.529. The second kappa shape index (κ2) is 8.52. The molecule has 3 rings (SSSR count). The molecular formula is C19H14Cl2N2O4S. The van der Waals surface area contributed by atoms with Crippen molar-refractivity contribution >= 4 is 56.6 Å². The highest BCUT2D eigenvalue weighted by Crippen LogP contribution is 2.29. The minimum absolute atomic E-state index is 0.00341. The van der Waals surface area contributed by atoms with E-state index in [1.165, 1.54) is 42.7 Å². The van der Waals surface area contributed by atoms with E-state index in [0.29, 0.717) is 5.76 Å². The standard InChI is InChI=1S/C19H14Cl2N2O4S/c20-15-5-1-2-6-17(15)23-28(25,26)18-12-13(7-9-16(18)21)22-19(24)10-8-14-4-3-11-27-14/h1-12,23H,(H,22,24)/b10-8+. The summed E-state index contributed by atoms with van der Waals surface area (Å²) in [6.45, 7) is 0. The van der Waals surface area contributed by atoms with E-state index in [1.54, 1.807) is 30.3 Å². The summed E-state index contributed by atoms with van der Waals surface area (Å²) in [5, 5.41) is 2.82. The van der Waals surface area contributed by atoms with Gasteiger partial charge in [0.05, 0.1) is 22.0 Å². The molecule has 144 valence electrons. The summed E-state index contributed by atoms with van der Waals surface area (Å²) in [7, 11) is -4.02. The van der Waals surface area contributed by atoms with Crippen molar-refractivity contribution in [2.24, 2.45) is 0 Å². The van der Waals surface area contributed by atoms with Gasteiger partial charge in [-0.05, 0) is 48.5 Å². The Kier molecular flexibility index (Phi) is 6.08. The summed E-state index contributed by atoms with van der Waals surface area (Å²) in [6, 6.07) is 13.9. The number of carbonyl (C=O) groups excluding carboxylic acids is 1. The van der Waals surface area contributed by atoms with E-state index in [-0.39, 0.29) is 26.3 Å². The molecule has 0 fully saturated rings. The zero-order chi connectivity index (χ0) is 20.1.